The first-order valence-corrected chi connectivity index (χ1v) is 8.94. The quantitative estimate of drug-likeness (QED) is 0.859. The van der Waals surface area contributed by atoms with Crippen LogP contribution in [0, 0.1) is 6.92 Å². The maximum Gasteiger partial charge on any atom is 0.266 e. The van der Waals surface area contributed by atoms with Gasteiger partial charge in [0.2, 0.25) is 0 Å². The van der Waals surface area contributed by atoms with E-state index in [1.807, 2.05) is 11.8 Å². The van der Waals surface area contributed by atoms with E-state index in [1.54, 1.807) is 18.4 Å². The van der Waals surface area contributed by atoms with Crippen LogP contribution in [-0.4, -0.2) is 28.4 Å². The minimum atomic E-state index is -0.178. The summed E-state index contributed by atoms with van der Waals surface area (Å²) in [5.74, 6) is 0.0846. The maximum atomic E-state index is 13.0. The van der Waals surface area contributed by atoms with Crippen LogP contribution < -0.4 is 0 Å². The highest BCUT2D eigenvalue weighted by molar-refractivity contribution is 7.13. The molecule has 1 aliphatic heterocycles. The van der Waals surface area contributed by atoms with Crippen molar-refractivity contribution in [1.29, 1.82) is 0 Å². The molecule has 22 heavy (non-hydrogen) atoms. The fourth-order valence-electron chi connectivity index (χ4n) is 2.89. The fourth-order valence-corrected chi connectivity index (χ4v) is 4.77. The fraction of sp³-hybridized carbons (Fsp3) is 0.500. The zero-order valence-corrected chi connectivity index (χ0v) is 14.9. The van der Waals surface area contributed by atoms with Gasteiger partial charge in [-0.3, -0.25) is 4.79 Å². The molecule has 0 spiro atoms. The van der Waals surface area contributed by atoms with Crippen LogP contribution in [0.2, 0.25) is 0 Å². The van der Waals surface area contributed by atoms with Gasteiger partial charge in [-0.2, -0.15) is 0 Å². The number of fused-ring (bicyclic) bond motifs is 1. The van der Waals surface area contributed by atoms with Gasteiger partial charge in [0, 0.05) is 17.5 Å². The van der Waals surface area contributed by atoms with Gasteiger partial charge in [-0.05, 0) is 44.2 Å². The second kappa shape index (κ2) is 5.76. The number of thiazole rings is 1. The summed E-state index contributed by atoms with van der Waals surface area (Å²) in [7, 11) is 1.64. The molecule has 0 aliphatic carbocycles. The molecule has 1 aliphatic rings. The Morgan fingerprint density at radius 1 is 1.50 bits per heavy atom. The van der Waals surface area contributed by atoms with Crippen LogP contribution in [0.3, 0.4) is 0 Å². The van der Waals surface area contributed by atoms with Crippen LogP contribution >= 0.6 is 22.7 Å². The van der Waals surface area contributed by atoms with Crippen molar-refractivity contribution in [2.24, 2.45) is 0 Å². The Hall–Kier alpha value is -1.24. The van der Waals surface area contributed by atoms with Crippen molar-refractivity contribution >= 4 is 28.6 Å². The minimum Gasteiger partial charge on any atom is -0.378 e. The number of rotatable bonds is 3. The summed E-state index contributed by atoms with van der Waals surface area (Å²) in [6.07, 6.45) is 0.903. The normalized spacial score (nSPS) is 16.6. The highest BCUT2D eigenvalue weighted by Gasteiger charge is 2.38. The number of aryl methyl sites for hydroxylation is 1. The molecule has 0 saturated carbocycles. The van der Waals surface area contributed by atoms with E-state index in [0.717, 1.165) is 22.0 Å². The van der Waals surface area contributed by atoms with Crippen LogP contribution in [-0.2, 0) is 24.3 Å². The zero-order valence-electron chi connectivity index (χ0n) is 13.3. The van der Waals surface area contributed by atoms with E-state index in [0.29, 0.717) is 13.2 Å². The van der Waals surface area contributed by atoms with Crippen molar-refractivity contribution < 1.29 is 9.53 Å². The maximum absolute atomic E-state index is 13.0. The molecule has 3 rings (SSSR count). The van der Waals surface area contributed by atoms with Crippen LogP contribution in [0.5, 0.6) is 0 Å². The van der Waals surface area contributed by atoms with Gasteiger partial charge in [-0.15, -0.1) is 22.7 Å². The van der Waals surface area contributed by atoms with E-state index in [4.69, 9.17) is 4.74 Å². The minimum absolute atomic E-state index is 0.0846. The Kier molecular flexibility index (Phi) is 4.09. The van der Waals surface area contributed by atoms with Gasteiger partial charge < -0.3 is 9.64 Å². The molecular formula is C16H20N2O2S2. The van der Waals surface area contributed by atoms with Gasteiger partial charge in [-0.25, -0.2) is 4.98 Å². The van der Waals surface area contributed by atoms with Gasteiger partial charge in [0.05, 0.1) is 18.8 Å². The first kappa shape index (κ1) is 15.6. The number of aromatic nitrogens is 1. The Morgan fingerprint density at radius 2 is 2.27 bits per heavy atom. The average Bonchev–Trinajstić information content (AvgIpc) is 3.02. The van der Waals surface area contributed by atoms with Crippen molar-refractivity contribution in [3.8, 4) is 0 Å². The van der Waals surface area contributed by atoms with E-state index in [9.17, 15) is 4.79 Å². The SMILES string of the molecule is COCc1nc(C)c(C(=O)N2Cc3sccc3CC2(C)C)s1. The Morgan fingerprint density at radius 3 is 3.00 bits per heavy atom. The molecule has 118 valence electrons. The average molecular weight is 336 g/mol. The van der Waals surface area contributed by atoms with E-state index in [-0.39, 0.29) is 11.4 Å². The van der Waals surface area contributed by atoms with Gasteiger partial charge in [0.15, 0.2) is 0 Å². The summed E-state index contributed by atoms with van der Waals surface area (Å²) in [6.45, 7) is 7.32. The molecule has 0 atom stereocenters. The molecule has 0 aromatic carbocycles. The highest BCUT2D eigenvalue weighted by Crippen LogP contribution is 2.35. The van der Waals surface area contributed by atoms with E-state index in [1.165, 1.54) is 21.8 Å². The van der Waals surface area contributed by atoms with Crippen molar-refractivity contribution in [2.75, 3.05) is 7.11 Å². The molecule has 6 heteroatoms. The molecule has 0 radical (unpaired) electrons. The van der Waals surface area contributed by atoms with Gasteiger partial charge >= 0.3 is 0 Å². The first-order valence-electron chi connectivity index (χ1n) is 7.25. The van der Waals surface area contributed by atoms with Crippen molar-refractivity contribution in [1.82, 2.24) is 9.88 Å². The van der Waals surface area contributed by atoms with Gasteiger partial charge in [-0.1, -0.05) is 0 Å². The predicted octanol–water partition coefficient (Wildman–Crippen LogP) is 3.64. The third kappa shape index (κ3) is 2.71. The summed E-state index contributed by atoms with van der Waals surface area (Å²) < 4.78 is 5.12. The summed E-state index contributed by atoms with van der Waals surface area (Å²) >= 11 is 3.18. The molecule has 0 saturated heterocycles. The molecule has 0 bridgehead atoms. The van der Waals surface area contributed by atoms with Gasteiger partial charge in [0.1, 0.15) is 9.88 Å². The van der Waals surface area contributed by atoms with E-state index < -0.39 is 0 Å². The Bertz CT molecular complexity index is 703. The summed E-state index contributed by atoms with van der Waals surface area (Å²) in [6, 6.07) is 2.18. The number of methoxy groups -OCH3 is 1. The third-order valence-corrected chi connectivity index (χ3v) is 6.11. The molecule has 0 fully saturated rings. The van der Waals surface area contributed by atoms with Crippen molar-refractivity contribution in [3.05, 3.63) is 37.5 Å². The Labute approximate surface area is 138 Å². The molecule has 4 nitrogen and oxygen atoms in total. The summed E-state index contributed by atoms with van der Waals surface area (Å²) in [5, 5.41) is 2.97. The molecule has 0 N–H and O–H groups in total. The monoisotopic (exact) mass is 336 g/mol. The number of hydrogen-bond acceptors (Lipinski definition) is 5. The number of thiophene rings is 1. The standard InChI is InChI=1S/C16H20N2O2S2/c1-10-14(22-13(17-10)9-20-4)15(19)18-8-12-11(5-6-21-12)7-16(18,2)3/h5-6H,7-9H2,1-4H3. The molecule has 1 amide bonds. The number of carbonyl (C=O) groups is 1. The zero-order chi connectivity index (χ0) is 15.9. The number of hydrogen-bond donors (Lipinski definition) is 0. The predicted molar refractivity (Wildman–Crippen MR) is 89.5 cm³/mol. The second-order valence-electron chi connectivity index (χ2n) is 6.20. The third-order valence-electron chi connectivity index (χ3n) is 4.04. The lowest BCUT2D eigenvalue weighted by atomic mass is 9.89. The molecule has 2 aromatic heterocycles. The Balaban J connectivity index is 1.91. The van der Waals surface area contributed by atoms with Crippen LogP contribution in [0.25, 0.3) is 0 Å². The highest BCUT2D eigenvalue weighted by atomic mass is 32.1. The lowest BCUT2D eigenvalue weighted by Crippen LogP contribution is -2.51. The first-order chi connectivity index (χ1) is 10.4. The second-order valence-corrected chi connectivity index (χ2v) is 8.29. The number of amides is 1. The summed E-state index contributed by atoms with van der Waals surface area (Å²) in [4.78, 5) is 21.5. The smallest absolute Gasteiger partial charge is 0.266 e. The van der Waals surface area contributed by atoms with Crippen LogP contribution in [0.15, 0.2) is 11.4 Å². The topological polar surface area (TPSA) is 42.4 Å². The lowest BCUT2D eigenvalue weighted by molar-refractivity contribution is 0.0498. The lowest BCUT2D eigenvalue weighted by Gasteiger charge is -2.42. The number of nitrogens with zero attached hydrogens (tertiary/aromatic N) is 2. The summed E-state index contributed by atoms with van der Waals surface area (Å²) in [5.41, 5.74) is 2.00. The molecule has 2 aromatic rings. The van der Waals surface area contributed by atoms with Gasteiger partial charge in [0.25, 0.3) is 5.91 Å². The number of carbonyl (C=O) groups excluding carboxylic acids is 1. The number of ether oxygens (including phenoxy) is 1. The van der Waals surface area contributed by atoms with Crippen molar-refractivity contribution in [3.63, 3.8) is 0 Å². The molecule has 3 heterocycles. The largest absolute Gasteiger partial charge is 0.378 e. The van der Waals surface area contributed by atoms with Crippen LogP contribution in [0.4, 0.5) is 0 Å². The van der Waals surface area contributed by atoms with Crippen LogP contribution in [0.1, 0.15) is 44.7 Å². The van der Waals surface area contributed by atoms with E-state index >= 15 is 0 Å². The van der Waals surface area contributed by atoms with Crippen molar-refractivity contribution in [2.45, 2.75) is 45.9 Å². The van der Waals surface area contributed by atoms with E-state index in [2.05, 4.69) is 30.3 Å². The molecule has 0 unspecified atom stereocenters. The molecular weight excluding hydrogens is 316 g/mol.